The van der Waals surface area contributed by atoms with Crippen LogP contribution in [0.25, 0.3) is 0 Å². The van der Waals surface area contributed by atoms with E-state index in [1.54, 1.807) is 29.8 Å². The van der Waals surface area contributed by atoms with E-state index in [1.165, 1.54) is 11.1 Å². The van der Waals surface area contributed by atoms with E-state index in [2.05, 4.69) is 52.5 Å². The molecule has 0 bridgehead atoms. The van der Waals surface area contributed by atoms with Gasteiger partial charge >= 0.3 is 0 Å². The number of ether oxygens (including phenoxy) is 1. The Labute approximate surface area is 210 Å². The van der Waals surface area contributed by atoms with Crippen LogP contribution in [0.3, 0.4) is 0 Å². The topological polar surface area (TPSA) is 113 Å². The van der Waals surface area contributed by atoms with Gasteiger partial charge in [-0.15, -0.1) is 0 Å². The van der Waals surface area contributed by atoms with Crippen molar-refractivity contribution in [3.05, 3.63) is 71.4 Å². The van der Waals surface area contributed by atoms with Gasteiger partial charge in [-0.05, 0) is 63.1 Å². The molecule has 2 fully saturated rings. The lowest BCUT2D eigenvalue weighted by atomic mass is 10.0. The molecular formula is C26H31N7O3. The van der Waals surface area contributed by atoms with E-state index in [-0.39, 0.29) is 23.9 Å². The van der Waals surface area contributed by atoms with E-state index >= 15 is 0 Å². The van der Waals surface area contributed by atoms with Crippen molar-refractivity contribution in [3.8, 4) is 5.75 Å². The Balaban J connectivity index is 1.34. The number of hydrogen-bond donors (Lipinski definition) is 4. The summed E-state index contributed by atoms with van der Waals surface area (Å²) in [6, 6.07) is 17.2. The highest BCUT2D eigenvalue weighted by Crippen LogP contribution is 2.29. The summed E-state index contributed by atoms with van der Waals surface area (Å²) in [7, 11) is 0. The molecule has 4 unspecified atom stereocenters. The number of aromatic nitrogens is 2. The third-order valence-electron chi connectivity index (χ3n) is 6.63. The molecule has 0 saturated carbocycles. The summed E-state index contributed by atoms with van der Waals surface area (Å²) in [6.45, 7) is 8.18. The first-order valence-electron chi connectivity index (χ1n) is 12.1. The van der Waals surface area contributed by atoms with Crippen molar-refractivity contribution >= 4 is 23.3 Å². The largest absolute Gasteiger partial charge is 0.481 e. The molecule has 3 aromatic rings. The second-order valence-electron chi connectivity index (χ2n) is 9.31. The lowest BCUT2D eigenvalue weighted by molar-refractivity contribution is -0.129. The maximum absolute atomic E-state index is 13.0. The van der Waals surface area contributed by atoms with Crippen LogP contribution in [-0.4, -0.2) is 40.4 Å². The Morgan fingerprint density at radius 2 is 1.89 bits per heavy atom. The molecule has 1 aromatic heterocycles. The number of rotatable bonds is 6. The summed E-state index contributed by atoms with van der Waals surface area (Å²) in [5, 5.41) is 15.9. The first kappa shape index (κ1) is 23.8. The first-order valence-corrected chi connectivity index (χ1v) is 12.1. The smallest absolute Gasteiger partial charge is 0.266 e. The van der Waals surface area contributed by atoms with Gasteiger partial charge in [0.05, 0.1) is 17.3 Å². The number of benzene rings is 2. The Bertz CT molecular complexity index is 1280. The molecule has 10 heteroatoms. The zero-order valence-corrected chi connectivity index (χ0v) is 20.8. The minimum atomic E-state index is -0.728. The van der Waals surface area contributed by atoms with Crippen LogP contribution < -0.4 is 31.1 Å². The van der Waals surface area contributed by atoms with Crippen molar-refractivity contribution in [2.75, 3.05) is 16.9 Å². The molecule has 36 heavy (non-hydrogen) atoms. The quantitative estimate of drug-likeness (QED) is 0.421. The van der Waals surface area contributed by atoms with E-state index in [0.717, 1.165) is 5.69 Å². The number of aryl methyl sites for hydroxylation is 3. The van der Waals surface area contributed by atoms with Gasteiger partial charge in [0.25, 0.3) is 5.91 Å². The number of anilines is 2. The summed E-state index contributed by atoms with van der Waals surface area (Å²) in [5.74, 6) is 0.378. The average molecular weight is 490 g/mol. The van der Waals surface area contributed by atoms with Crippen LogP contribution >= 0.6 is 0 Å². The zero-order valence-electron chi connectivity index (χ0n) is 20.8. The Morgan fingerprint density at radius 3 is 2.64 bits per heavy atom. The number of fused-ring (bicyclic) bond motifs is 1. The summed E-state index contributed by atoms with van der Waals surface area (Å²) in [6.07, 6.45) is -1.67. The van der Waals surface area contributed by atoms with Gasteiger partial charge in [-0.1, -0.05) is 24.3 Å². The summed E-state index contributed by atoms with van der Waals surface area (Å²) >= 11 is 0. The number of amides is 2. The highest BCUT2D eigenvalue weighted by atomic mass is 16.5. The molecule has 4 atom stereocenters. The number of nitrogens with zero attached hydrogens (tertiary/aromatic N) is 3. The van der Waals surface area contributed by atoms with Crippen LogP contribution in [0.1, 0.15) is 30.0 Å². The van der Waals surface area contributed by atoms with E-state index in [0.29, 0.717) is 23.8 Å². The minimum Gasteiger partial charge on any atom is -0.481 e. The van der Waals surface area contributed by atoms with Crippen molar-refractivity contribution in [1.82, 2.24) is 25.8 Å². The van der Waals surface area contributed by atoms with E-state index in [4.69, 9.17) is 4.74 Å². The fourth-order valence-corrected chi connectivity index (χ4v) is 4.51. The highest BCUT2D eigenvalue weighted by molar-refractivity contribution is 5.93. The molecule has 188 valence electrons. The molecule has 2 saturated heterocycles. The molecule has 2 amide bonds. The Kier molecular flexibility index (Phi) is 6.38. The molecule has 5 rings (SSSR count). The van der Waals surface area contributed by atoms with Crippen LogP contribution in [-0.2, 0) is 9.59 Å². The van der Waals surface area contributed by atoms with Crippen molar-refractivity contribution < 1.29 is 14.3 Å². The summed E-state index contributed by atoms with van der Waals surface area (Å²) < 4.78 is 7.34. The van der Waals surface area contributed by atoms with Gasteiger partial charge in [-0.2, -0.15) is 5.10 Å². The highest BCUT2D eigenvalue weighted by Gasteiger charge is 2.45. The Hall–Kier alpha value is -3.89. The Morgan fingerprint density at radius 1 is 1.11 bits per heavy atom. The van der Waals surface area contributed by atoms with Crippen LogP contribution in [0.15, 0.2) is 54.6 Å². The number of carbonyl (C=O) groups is 2. The second kappa shape index (κ2) is 9.63. The lowest BCUT2D eigenvalue weighted by Gasteiger charge is -2.37. The van der Waals surface area contributed by atoms with Gasteiger partial charge in [0, 0.05) is 12.6 Å². The molecule has 10 nitrogen and oxygen atoms in total. The predicted molar refractivity (Wildman–Crippen MR) is 136 cm³/mol. The lowest BCUT2D eigenvalue weighted by Crippen LogP contribution is -2.62. The van der Waals surface area contributed by atoms with Crippen LogP contribution in [0, 0.1) is 26.7 Å². The molecule has 2 aliphatic heterocycles. The molecular weight excluding hydrogens is 458 g/mol. The van der Waals surface area contributed by atoms with Gasteiger partial charge in [0.1, 0.15) is 17.7 Å². The standard InChI is InChI=1S/C26H31N7O3/c1-15-10-11-19(12-16(15)2)32-23-21(14-27-32)25(35)30-26(29-23)33-22(13-17(3)31-33)28-24(34)18(4)36-20-8-6-5-7-9-20/h5-13,18,21,23,26-27,29H,14H2,1-4H3,(H,28,34)(H,30,35). The molecule has 2 aromatic carbocycles. The van der Waals surface area contributed by atoms with Crippen molar-refractivity contribution in [2.45, 2.75) is 46.3 Å². The van der Waals surface area contributed by atoms with E-state index < -0.39 is 12.4 Å². The minimum absolute atomic E-state index is 0.0891. The van der Waals surface area contributed by atoms with Crippen molar-refractivity contribution in [3.63, 3.8) is 0 Å². The van der Waals surface area contributed by atoms with Gasteiger partial charge < -0.3 is 15.4 Å². The van der Waals surface area contributed by atoms with Crippen molar-refractivity contribution in [1.29, 1.82) is 0 Å². The summed E-state index contributed by atoms with van der Waals surface area (Å²) in [5.41, 5.74) is 7.41. The molecule has 4 N–H and O–H groups in total. The monoisotopic (exact) mass is 489 g/mol. The maximum Gasteiger partial charge on any atom is 0.266 e. The van der Waals surface area contributed by atoms with Gasteiger partial charge in [-0.25, -0.2) is 10.1 Å². The fraction of sp³-hybridized carbons (Fsp3) is 0.346. The third kappa shape index (κ3) is 4.65. The van der Waals surface area contributed by atoms with Gasteiger partial charge in [-0.3, -0.25) is 19.9 Å². The zero-order chi connectivity index (χ0) is 25.4. The maximum atomic E-state index is 13.0. The fourth-order valence-electron chi connectivity index (χ4n) is 4.51. The predicted octanol–water partition coefficient (Wildman–Crippen LogP) is 2.36. The second-order valence-corrected chi connectivity index (χ2v) is 9.31. The normalized spacial score (nSPS) is 22.1. The molecule has 2 aliphatic rings. The van der Waals surface area contributed by atoms with Crippen molar-refractivity contribution in [2.24, 2.45) is 5.92 Å². The van der Waals surface area contributed by atoms with E-state index in [1.807, 2.05) is 36.2 Å². The third-order valence-corrected chi connectivity index (χ3v) is 6.63. The van der Waals surface area contributed by atoms with Crippen LogP contribution in [0.5, 0.6) is 5.75 Å². The van der Waals surface area contributed by atoms with Gasteiger partial charge in [0.15, 0.2) is 12.4 Å². The first-order chi connectivity index (χ1) is 17.3. The van der Waals surface area contributed by atoms with Gasteiger partial charge in [0.2, 0.25) is 5.91 Å². The number of hydrazine groups is 1. The van der Waals surface area contributed by atoms with Crippen LogP contribution in [0.2, 0.25) is 0 Å². The molecule has 3 heterocycles. The molecule has 0 radical (unpaired) electrons. The SMILES string of the molecule is Cc1cc(NC(=O)C(C)Oc2ccccc2)n(C2NC(=O)C3CNN(c4ccc(C)c(C)c4)C3N2)n1. The number of nitrogens with one attached hydrogen (secondary N) is 4. The molecule has 0 spiro atoms. The van der Waals surface area contributed by atoms with E-state index in [9.17, 15) is 9.59 Å². The average Bonchev–Trinajstić information content (AvgIpc) is 3.45. The number of para-hydroxylation sites is 1. The summed E-state index contributed by atoms with van der Waals surface area (Å²) in [4.78, 5) is 25.9. The molecule has 0 aliphatic carbocycles. The van der Waals surface area contributed by atoms with Crippen LogP contribution in [0.4, 0.5) is 11.5 Å². The number of hydrogen-bond acceptors (Lipinski definition) is 7. The number of carbonyl (C=O) groups excluding carboxylic acids is 2.